The molecule has 0 bridgehead atoms. The summed E-state index contributed by atoms with van der Waals surface area (Å²) in [6.45, 7) is 2.11. The summed E-state index contributed by atoms with van der Waals surface area (Å²) >= 11 is 0. The molecule has 0 spiro atoms. The normalized spacial score (nSPS) is 21.6. The van der Waals surface area contributed by atoms with Crippen molar-refractivity contribution in [3.8, 4) is 0 Å². The molecule has 2 N–H and O–H groups in total. The van der Waals surface area contributed by atoms with Crippen LogP contribution in [0, 0.1) is 11.8 Å². The Morgan fingerprint density at radius 3 is 1.92 bits per heavy atom. The van der Waals surface area contributed by atoms with Crippen LogP contribution in [0.4, 0.5) is 0 Å². The van der Waals surface area contributed by atoms with Crippen molar-refractivity contribution in [3.63, 3.8) is 0 Å². The van der Waals surface area contributed by atoms with Gasteiger partial charge in [-0.3, -0.25) is 4.79 Å². The molecule has 2 rings (SSSR count). The first-order valence-corrected chi connectivity index (χ1v) is 5.27. The molecule has 3 nitrogen and oxygen atoms in total. The lowest BCUT2D eigenvalue weighted by Crippen LogP contribution is -2.38. The Hall–Kier alpha value is -0.570. The highest BCUT2D eigenvalue weighted by atomic mass is 16.2. The third-order valence-electron chi connectivity index (χ3n) is 2.88. The van der Waals surface area contributed by atoms with Crippen LogP contribution in [0.5, 0.6) is 0 Å². The van der Waals surface area contributed by atoms with Crippen LogP contribution in [0.1, 0.15) is 25.7 Å². The molecule has 74 valence electrons. The summed E-state index contributed by atoms with van der Waals surface area (Å²) in [6.07, 6.45) is 5.22. The first-order chi connectivity index (χ1) is 6.29. The van der Waals surface area contributed by atoms with Crippen LogP contribution in [-0.4, -0.2) is 30.4 Å². The maximum atomic E-state index is 11.4. The van der Waals surface area contributed by atoms with Crippen LogP contribution < -0.4 is 5.73 Å². The minimum atomic E-state index is 0.138. The maximum Gasteiger partial charge on any atom is 0.236 e. The molecule has 2 aliphatic carbocycles. The maximum absolute atomic E-state index is 11.4. The summed E-state index contributed by atoms with van der Waals surface area (Å²) in [6, 6.07) is 0. The summed E-state index contributed by atoms with van der Waals surface area (Å²) < 4.78 is 0. The molecule has 0 atom stereocenters. The zero-order valence-corrected chi connectivity index (χ0v) is 8.04. The number of carbonyl (C=O) groups is 1. The zero-order valence-electron chi connectivity index (χ0n) is 8.04. The lowest BCUT2D eigenvalue weighted by atomic mass is 10.3. The van der Waals surface area contributed by atoms with Gasteiger partial charge in [0.1, 0.15) is 0 Å². The SMILES string of the molecule is NCC(=O)N(CC1CC1)CC1CC1. The predicted octanol–water partition coefficient (Wildman–Crippen LogP) is 0.594. The van der Waals surface area contributed by atoms with Crippen molar-refractivity contribution >= 4 is 5.91 Å². The molecule has 0 aromatic heterocycles. The highest BCUT2D eigenvalue weighted by Crippen LogP contribution is 2.33. The number of hydrogen-bond donors (Lipinski definition) is 1. The van der Waals surface area contributed by atoms with Crippen molar-refractivity contribution in [2.45, 2.75) is 25.7 Å². The lowest BCUT2D eigenvalue weighted by molar-refractivity contribution is -0.130. The van der Waals surface area contributed by atoms with Gasteiger partial charge in [-0.1, -0.05) is 0 Å². The van der Waals surface area contributed by atoms with Crippen LogP contribution >= 0.6 is 0 Å². The van der Waals surface area contributed by atoms with E-state index in [0.29, 0.717) is 0 Å². The van der Waals surface area contributed by atoms with Gasteiger partial charge in [-0.15, -0.1) is 0 Å². The summed E-state index contributed by atoms with van der Waals surface area (Å²) in [5.74, 6) is 1.71. The molecule has 0 unspecified atom stereocenters. The fraction of sp³-hybridized carbons (Fsp3) is 0.900. The Morgan fingerprint density at radius 2 is 1.62 bits per heavy atom. The first-order valence-electron chi connectivity index (χ1n) is 5.27. The standard InChI is InChI=1S/C10H18N2O/c11-5-10(13)12(6-8-1-2-8)7-9-3-4-9/h8-9H,1-7,11H2. The second-order valence-corrected chi connectivity index (χ2v) is 4.39. The summed E-state index contributed by atoms with van der Waals surface area (Å²) in [5.41, 5.74) is 5.37. The number of amides is 1. The second kappa shape index (κ2) is 3.66. The van der Waals surface area contributed by atoms with Crippen molar-refractivity contribution < 1.29 is 4.79 Å². The van der Waals surface area contributed by atoms with Crippen LogP contribution in [0.2, 0.25) is 0 Å². The molecule has 2 aliphatic rings. The Bertz CT molecular complexity index is 183. The number of hydrogen-bond acceptors (Lipinski definition) is 2. The van der Waals surface area contributed by atoms with Gasteiger partial charge in [0.05, 0.1) is 6.54 Å². The smallest absolute Gasteiger partial charge is 0.236 e. The van der Waals surface area contributed by atoms with Crippen LogP contribution in [0.15, 0.2) is 0 Å². The van der Waals surface area contributed by atoms with Crippen LogP contribution in [-0.2, 0) is 4.79 Å². The molecule has 1 amide bonds. The van der Waals surface area contributed by atoms with Gasteiger partial charge in [0.15, 0.2) is 0 Å². The number of rotatable bonds is 5. The molecule has 0 aromatic rings. The van der Waals surface area contributed by atoms with Crippen molar-refractivity contribution in [2.24, 2.45) is 17.6 Å². The Labute approximate surface area is 79.3 Å². The van der Waals surface area contributed by atoms with E-state index in [-0.39, 0.29) is 12.5 Å². The Morgan fingerprint density at radius 1 is 1.15 bits per heavy atom. The van der Waals surface area contributed by atoms with Crippen molar-refractivity contribution in [1.82, 2.24) is 4.90 Å². The van der Waals surface area contributed by atoms with Gasteiger partial charge in [0.2, 0.25) is 5.91 Å². The van der Waals surface area contributed by atoms with Gasteiger partial charge < -0.3 is 10.6 Å². The highest BCUT2D eigenvalue weighted by Gasteiger charge is 2.30. The van der Waals surface area contributed by atoms with Gasteiger partial charge in [-0.05, 0) is 37.5 Å². The van der Waals surface area contributed by atoms with Gasteiger partial charge in [-0.25, -0.2) is 0 Å². The molecular weight excluding hydrogens is 164 g/mol. The molecule has 2 fully saturated rings. The Kier molecular flexibility index (Phi) is 2.54. The lowest BCUT2D eigenvalue weighted by Gasteiger charge is -2.21. The molecule has 0 saturated heterocycles. The van der Waals surface area contributed by atoms with E-state index in [1.54, 1.807) is 0 Å². The van der Waals surface area contributed by atoms with Crippen molar-refractivity contribution in [2.75, 3.05) is 19.6 Å². The zero-order chi connectivity index (χ0) is 9.26. The number of carbonyl (C=O) groups excluding carboxylic acids is 1. The number of nitrogens with two attached hydrogens (primary N) is 1. The fourth-order valence-electron chi connectivity index (χ4n) is 1.63. The molecule has 2 saturated carbocycles. The van der Waals surface area contributed by atoms with E-state index in [1.807, 2.05) is 4.90 Å². The number of nitrogens with zero attached hydrogens (tertiary/aromatic N) is 1. The molecule has 0 radical (unpaired) electrons. The van der Waals surface area contributed by atoms with Crippen molar-refractivity contribution in [1.29, 1.82) is 0 Å². The van der Waals surface area contributed by atoms with E-state index in [0.717, 1.165) is 24.9 Å². The van der Waals surface area contributed by atoms with Crippen molar-refractivity contribution in [3.05, 3.63) is 0 Å². The van der Waals surface area contributed by atoms with E-state index in [1.165, 1.54) is 25.7 Å². The average molecular weight is 182 g/mol. The van der Waals surface area contributed by atoms with E-state index >= 15 is 0 Å². The summed E-state index contributed by atoms with van der Waals surface area (Å²) in [5, 5.41) is 0. The van der Waals surface area contributed by atoms with E-state index in [4.69, 9.17) is 5.73 Å². The van der Waals surface area contributed by atoms with E-state index < -0.39 is 0 Å². The topological polar surface area (TPSA) is 46.3 Å². The minimum Gasteiger partial charge on any atom is -0.341 e. The molecular formula is C10H18N2O. The van der Waals surface area contributed by atoms with Gasteiger partial charge in [0, 0.05) is 13.1 Å². The third-order valence-corrected chi connectivity index (χ3v) is 2.88. The van der Waals surface area contributed by atoms with Crippen LogP contribution in [0.25, 0.3) is 0 Å². The third kappa shape index (κ3) is 2.69. The summed E-state index contributed by atoms with van der Waals surface area (Å²) in [4.78, 5) is 13.4. The summed E-state index contributed by atoms with van der Waals surface area (Å²) in [7, 11) is 0. The quantitative estimate of drug-likeness (QED) is 0.676. The van der Waals surface area contributed by atoms with Gasteiger partial charge >= 0.3 is 0 Å². The van der Waals surface area contributed by atoms with Gasteiger partial charge in [0.25, 0.3) is 0 Å². The molecule has 0 heterocycles. The highest BCUT2D eigenvalue weighted by molar-refractivity contribution is 5.78. The minimum absolute atomic E-state index is 0.138. The second-order valence-electron chi connectivity index (χ2n) is 4.39. The van der Waals surface area contributed by atoms with E-state index in [9.17, 15) is 4.79 Å². The largest absolute Gasteiger partial charge is 0.341 e. The fourth-order valence-corrected chi connectivity index (χ4v) is 1.63. The first kappa shape index (κ1) is 9.00. The molecule has 0 aromatic carbocycles. The predicted molar refractivity (Wildman–Crippen MR) is 51.1 cm³/mol. The van der Waals surface area contributed by atoms with E-state index in [2.05, 4.69) is 0 Å². The van der Waals surface area contributed by atoms with Gasteiger partial charge in [-0.2, -0.15) is 0 Å². The Balaban J connectivity index is 1.80. The molecule has 13 heavy (non-hydrogen) atoms. The molecule has 0 aliphatic heterocycles. The monoisotopic (exact) mass is 182 g/mol. The molecule has 3 heteroatoms. The van der Waals surface area contributed by atoms with Crippen LogP contribution in [0.3, 0.4) is 0 Å². The average Bonchev–Trinajstić information content (AvgIpc) is 2.94.